The largest absolute Gasteiger partial charge is 0.417 e. The molecule has 2 N–H and O–H groups in total. The van der Waals surface area contributed by atoms with Crippen LogP contribution in [0.1, 0.15) is 50.8 Å². The van der Waals surface area contributed by atoms with Gasteiger partial charge in [-0.2, -0.15) is 0 Å². The second kappa shape index (κ2) is 11.6. The minimum atomic E-state index is -2.15. The quantitative estimate of drug-likeness (QED) is 0.355. The van der Waals surface area contributed by atoms with E-state index in [0.717, 1.165) is 43.5 Å². The Kier molecular flexibility index (Phi) is 8.59. The van der Waals surface area contributed by atoms with Crippen molar-refractivity contribution in [2.75, 3.05) is 26.2 Å². The zero-order valence-electron chi connectivity index (χ0n) is 23.1. The van der Waals surface area contributed by atoms with Gasteiger partial charge in [0.2, 0.25) is 5.91 Å². The summed E-state index contributed by atoms with van der Waals surface area (Å²) in [6.07, 6.45) is 2.62. The highest BCUT2D eigenvalue weighted by Crippen LogP contribution is 2.40. The Hall–Kier alpha value is -2.75. The lowest BCUT2D eigenvalue weighted by molar-refractivity contribution is -0.123. The van der Waals surface area contributed by atoms with E-state index in [4.69, 9.17) is 8.84 Å². The first-order chi connectivity index (χ1) is 17.9. The van der Waals surface area contributed by atoms with Crippen LogP contribution in [0.4, 0.5) is 4.39 Å². The molecule has 0 saturated carbocycles. The van der Waals surface area contributed by atoms with Crippen LogP contribution in [0, 0.1) is 11.7 Å². The maximum absolute atomic E-state index is 13.2. The second-order valence-electron chi connectivity index (χ2n) is 12.0. The molecule has 0 spiro atoms. The van der Waals surface area contributed by atoms with Gasteiger partial charge < -0.3 is 14.2 Å². The molecule has 1 aliphatic rings. The molecule has 0 aliphatic carbocycles. The molecule has 4 rings (SSSR count). The Morgan fingerprint density at radius 2 is 1.87 bits per heavy atom. The van der Waals surface area contributed by atoms with Crippen molar-refractivity contribution in [1.29, 1.82) is 0 Å². The number of H-pyrrole nitrogens is 1. The number of aromatic nitrogens is 1. The lowest BCUT2D eigenvalue weighted by Gasteiger charge is -2.39. The molecule has 38 heavy (non-hydrogen) atoms. The van der Waals surface area contributed by atoms with Crippen molar-refractivity contribution < 1.29 is 18.0 Å². The van der Waals surface area contributed by atoms with Crippen LogP contribution in [0.3, 0.4) is 0 Å². The standard InChI is InChI=1S/C29H40FN3O4Si/c1-29(2,3)38(4,5)37-26(22-8-11-24-25(17-22)36-28(35)32-24)18-31-27(34)19-33-14-12-21(13-15-33)16-20-6-9-23(30)10-7-20/h6-11,17,21,26H,12-16,18-19H2,1-5H3,(H,31,34)(H,32,35). The fraction of sp³-hybridized carbons (Fsp3) is 0.517. The van der Waals surface area contributed by atoms with Gasteiger partial charge in [0.25, 0.3) is 0 Å². The number of hydrogen-bond acceptors (Lipinski definition) is 5. The summed E-state index contributed by atoms with van der Waals surface area (Å²) in [6.45, 7) is 13.3. The highest BCUT2D eigenvalue weighted by molar-refractivity contribution is 6.74. The third kappa shape index (κ3) is 7.21. The van der Waals surface area contributed by atoms with E-state index in [1.807, 2.05) is 30.3 Å². The van der Waals surface area contributed by atoms with E-state index in [-0.39, 0.29) is 22.9 Å². The minimum Gasteiger partial charge on any atom is -0.408 e. The first kappa shape index (κ1) is 28.3. The van der Waals surface area contributed by atoms with Crippen molar-refractivity contribution in [3.05, 3.63) is 70.0 Å². The Morgan fingerprint density at radius 1 is 1.18 bits per heavy atom. The number of halogens is 1. The summed E-state index contributed by atoms with van der Waals surface area (Å²) in [5, 5.41) is 3.09. The average molecular weight is 542 g/mol. The van der Waals surface area contributed by atoms with E-state index >= 15 is 0 Å². The van der Waals surface area contributed by atoms with Crippen LogP contribution in [0.5, 0.6) is 0 Å². The Labute approximate surface area is 224 Å². The molecule has 1 atom stereocenters. The lowest BCUT2D eigenvalue weighted by atomic mass is 9.90. The van der Waals surface area contributed by atoms with Gasteiger partial charge in [-0.15, -0.1) is 0 Å². The average Bonchev–Trinajstić information content (AvgIpc) is 3.23. The van der Waals surface area contributed by atoms with Crippen molar-refractivity contribution in [2.45, 2.75) is 64.3 Å². The number of aromatic amines is 1. The van der Waals surface area contributed by atoms with Gasteiger partial charge >= 0.3 is 5.76 Å². The number of amides is 1. The van der Waals surface area contributed by atoms with Gasteiger partial charge in [-0.1, -0.05) is 39.0 Å². The molecule has 1 amide bonds. The molecule has 7 nitrogen and oxygen atoms in total. The van der Waals surface area contributed by atoms with Crippen LogP contribution >= 0.6 is 0 Å². The molecular formula is C29H40FN3O4Si. The van der Waals surface area contributed by atoms with Crippen LogP contribution in [0.15, 0.2) is 51.7 Å². The first-order valence-corrected chi connectivity index (χ1v) is 16.3. The molecule has 1 unspecified atom stereocenters. The highest BCUT2D eigenvalue weighted by Gasteiger charge is 2.39. The predicted octanol–water partition coefficient (Wildman–Crippen LogP) is 5.39. The molecule has 1 aliphatic heterocycles. The smallest absolute Gasteiger partial charge is 0.408 e. The number of rotatable bonds is 9. The van der Waals surface area contributed by atoms with Gasteiger partial charge in [-0.05, 0) is 91.8 Å². The monoisotopic (exact) mass is 541 g/mol. The van der Waals surface area contributed by atoms with E-state index in [1.165, 1.54) is 12.1 Å². The molecule has 1 fully saturated rings. The third-order valence-corrected chi connectivity index (χ3v) is 12.5. The summed E-state index contributed by atoms with van der Waals surface area (Å²) in [5.74, 6) is -0.178. The molecule has 2 aromatic carbocycles. The van der Waals surface area contributed by atoms with E-state index in [9.17, 15) is 14.0 Å². The Balaban J connectivity index is 1.34. The number of piperidine rings is 1. The molecule has 1 aromatic heterocycles. The van der Waals surface area contributed by atoms with Gasteiger partial charge in [0.1, 0.15) is 5.82 Å². The van der Waals surface area contributed by atoms with E-state index in [2.05, 4.69) is 49.1 Å². The number of oxazole rings is 1. The third-order valence-electron chi connectivity index (χ3n) is 8.06. The minimum absolute atomic E-state index is 0.00172. The van der Waals surface area contributed by atoms with Gasteiger partial charge in [0.15, 0.2) is 13.9 Å². The summed E-state index contributed by atoms with van der Waals surface area (Å²) in [7, 11) is -2.15. The Bertz CT molecular complexity index is 1290. The van der Waals surface area contributed by atoms with Gasteiger partial charge in [-0.25, -0.2) is 9.18 Å². The summed E-state index contributed by atoms with van der Waals surface area (Å²) < 4.78 is 25.2. The molecule has 0 bridgehead atoms. The SMILES string of the molecule is CC(C)(C)[Si](C)(C)OC(CNC(=O)CN1CCC(Cc2ccc(F)cc2)CC1)c1ccc2[nH]c(=O)oc2c1. The molecule has 0 radical (unpaired) electrons. The van der Waals surface area contributed by atoms with E-state index in [0.29, 0.717) is 30.1 Å². The molecule has 206 valence electrons. The lowest BCUT2D eigenvalue weighted by Crippen LogP contribution is -2.46. The molecule has 9 heteroatoms. The van der Waals surface area contributed by atoms with Crippen molar-refractivity contribution in [2.24, 2.45) is 5.92 Å². The molecule has 2 heterocycles. The zero-order chi connectivity index (χ0) is 27.5. The zero-order valence-corrected chi connectivity index (χ0v) is 24.1. The summed E-state index contributed by atoms with van der Waals surface area (Å²) in [6, 6.07) is 12.3. The molecule has 1 saturated heterocycles. The first-order valence-electron chi connectivity index (χ1n) is 13.4. The van der Waals surface area contributed by atoms with Crippen LogP contribution in [-0.4, -0.2) is 50.3 Å². The summed E-state index contributed by atoms with van der Waals surface area (Å²) >= 11 is 0. The normalized spacial score (nSPS) is 16.6. The van der Waals surface area contributed by atoms with Crippen LogP contribution in [0.2, 0.25) is 18.1 Å². The van der Waals surface area contributed by atoms with Crippen molar-refractivity contribution in [3.63, 3.8) is 0 Å². The maximum atomic E-state index is 13.2. The van der Waals surface area contributed by atoms with Gasteiger partial charge in [0.05, 0.1) is 18.2 Å². The van der Waals surface area contributed by atoms with E-state index < -0.39 is 14.1 Å². The Morgan fingerprint density at radius 3 is 2.53 bits per heavy atom. The molecule has 3 aromatic rings. The fourth-order valence-electron chi connectivity index (χ4n) is 4.69. The number of hydrogen-bond donors (Lipinski definition) is 2. The summed E-state index contributed by atoms with van der Waals surface area (Å²) in [4.78, 5) is 29.4. The number of fused-ring (bicyclic) bond motifs is 1. The number of nitrogens with zero attached hydrogens (tertiary/aromatic N) is 1. The highest BCUT2D eigenvalue weighted by atomic mass is 28.4. The topological polar surface area (TPSA) is 87.6 Å². The van der Waals surface area contributed by atoms with Crippen LogP contribution in [0.25, 0.3) is 11.1 Å². The second-order valence-corrected chi connectivity index (χ2v) is 16.7. The van der Waals surface area contributed by atoms with Crippen molar-refractivity contribution in [1.82, 2.24) is 15.2 Å². The van der Waals surface area contributed by atoms with Gasteiger partial charge in [-0.3, -0.25) is 14.7 Å². The maximum Gasteiger partial charge on any atom is 0.417 e. The predicted molar refractivity (Wildman–Crippen MR) is 150 cm³/mol. The van der Waals surface area contributed by atoms with E-state index in [1.54, 1.807) is 0 Å². The number of carbonyl (C=O) groups is 1. The van der Waals surface area contributed by atoms with Crippen LogP contribution in [-0.2, 0) is 15.6 Å². The van der Waals surface area contributed by atoms with Crippen molar-refractivity contribution >= 4 is 25.3 Å². The number of likely N-dealkylation sites (tertiary alicyclic amines) is 1. The molecular weight excluding hydrogens is 501 g/mol. The van der Waals surface area contributed by atoms with Crippen LogP contribution < -0.4 is 11.1 Å². The fourth-order valence-corrected chi connectivity index (χ4v) is 5.97. The summed E-state index contributed by atoms with van der Waals surface area (Å²) in [5.41, 5.74) is 3.14. The number of carbonyl (C=O) groups excluding carboxylic acids is 1. The number of benzene rings is 2. The number of nitrogens with one attached hydrogen (secondary N) is 2. The van der Waals surface area contributed by atoms with Gasteiger partial charge in [0, 0.05) is 6.54 Å². The van der Waals surface area contributed by atoms with Crippen molar-refractivity contribution in [3.8, 4) is 0 Å².